The van der Waals surface area contributed by atoms with Gasteiger partial charge in [-0.05, 0) is 25.7 Å². The van der Waals surface area contributed by atoms with Gasteiger partial charge in [0, 0.05) is 5.54 Å². The maximum Gasteiger partial charge on any atom is 0.326 e. The van der Waals surface area contributed by atoms with E-state index in [1.54, 1.807) is 0 Å². The van der Waals surface area contributed by atoms with Crippen molar-refractivity contribution < 1.29 is 4.79 Å². The van der Waals surface area contributed by atoms with E-state index in [0.29, 0.717) is 5.92 Å². The molecule has 4 nitrogen and oxygen atoms in total. The second kappa shape index (κ2) is 3.96. The third-order valence-electron chi connectivity index (χ3n) is 3.14. The van der Waals surface area contributed by atoms with Crippen molar-refractivity contribution in [1.29, 1.82) is 0 Å². The number of hydrogen-bond donors (Lipinski definition) is 3. The summed E-state index contributed by atoms with van der Waals surface area (Å²) in [5.74, 6) is 0.577. The van der Waals surface area contributed by atoms with Gasteiger partial charge in [-0.2, -0.15) is 0 Å². The van der Waals surface area contributed by atoms with Crippen molar-refractivity contribution in [3.05, 3.63) is 0 Å². The Morgan fingerprint density at radius 1 is 1.54 bits per heavy atom. The average molecular weight is 185 g/mol. The van der Waals surface area contributed by atoms with Crippen molar-refractivity contribution in [2.24, 2.45) is 11.7 Å². The van der Waals surface area contributed by atoms with E-state index in [1.165, 1.54) is 19.3 Å². The van der Waals surface area contributed by atoms with Crippen LogP contribution in [-0.4, -0.2) is 11.6 Å². The van der Waals surface area contributed by atoms with Gasteiger partial charge in [0.15, 0.2) is 0 Å². The Kier molecular flexibility index (Phi) is 3.14. The SMILES string of the molecule is CC1CCCCC1(C)NNC(N)=O. The third kappa shape index (κ3) is 2.59. The van der Waals surface area contributed by atoms with Gasteiger partial charge in [-0.1, -0.05) is 19.8 Å². The molecular formula is C9H19N3O. The summed E-state index contributed by atoms with van der Waals surface area (Å²) in [6.07, 6.45) is 4.81. The predicted molar refractivity (Wildman–Crippen MR) is 51.9 cm³/mol. The zero-order chi connectivity index (χ0) is 9.90. The molecule has 1 aliphatic rings. The number of nitrogens with one attached hydrogen (secondary N) is 2. The molecule has 2 amide bonds. The number of amides is 2. The molecule has 0 heterocycles. The molecule has 1 fully saturated rings. The molecule has 1 saturated carbocycles. The third-order valence-corrected chi connectivity index (χ3v) is 3.14. The minimum atomic E-state index is -0.515. The smallest absolute Gasteiger partial charge is 0.326 e. The van der Waals surface area contributed by atoms with E-state index < -0.39 is 6.03 Å². The van der Waals surface area contributed by atoms with Crippen LogP contribution in [0.4, 0.5) is 4.79 Å². The maximum absolute atomic E-state index is 10.5. The van der Waals surface area contributed by atoms with Gasteiger partial charge in [0.2, 0.25) is 0 Å². The summed E-state index contributed by atoms with van der Waals surface area (Å²) < 4.78 is 0. The van der Waals surface area contributed by atoms with Gasteiger partial charge in [0.05, 0.1) is 0 Å². The van der Waals surface area contributed by atoms with Crippen molar-refractivity contribution in [2.75, 3.05) is 0 Å². The molecule has 0 radical (unpaired) electrons. The standard InChI is InChI=1S/C9H19N3O/c1-7-5-3-4-6-9(7,2)12-11-8(10)13/h7,12H,3-6H2,1-2H3,(H3,10,11,13). The zero-order valence-electron chi connectivity index (χ0n) is 8.39. The summed E-state index contributed by atoms with van der Waals surface area (Å²) in [6, 6.07) is -0.515. The van der Waals surface area contributed by atoms with Crippen LogP contribution in [0, 0.1) is 5.92 Å². The lowest BCUT2D eigenvalue weighted by Crippen LogP contribution is -2.58. The van der Waals surface area contributed by atoms with Crippen molar-refractivity contribution in [3.63, 3.8) is 0 Å². The van der Waals surface area contributed by atoms with Gasteiger partial charge >= 0.3 is 6.03 Å². The average Bonchev–Trinajstić information content (AvgIpc) is 2.07. The van der Waals surface area contributed by atoms with Crippen molar-refractivity contribution in [1.82, 2.24) is 10.9 Å². The van der Waals surface area contributed by atoms with E-state index in [-0.39, 0.29) is 5.54 Å². The molecule has 0 bridgehead atoms. The predicted octanol–water partition coefficient (Wildman–Crippen LogP) is 1.13. The van der Waals surface area contributed by atoms with Gasteiger partial charge in [-0.25, -0.2) is 10.2 Å². The summed E-state index contributed by atoms with van der Waals surface area (Å²) in [6.45, 7) is 4.33. The molecule has 0 aliphatic heterocycles. The first-order valence-electron chi connectivity index (χ1n) is 4.87. The molecule has 0 spiro atoms. The minimum Gasteiger partial charge on any atom is -0.351 e. The van der Waals surface area contributed by atoms with Crippen LogP contribution in [0.2, 0.25) is 0 Å². The van der Waals surface area contributed by atoms with E-state index in [4.69, 9.17) is 5.73 Å². The highest BCUT2D eigenvalue weighted by atomic mass is 16.2. The number of carbonyl (C=O) groups excluding carboxylic acids is 1. The Bertz CT molecular complexity index is 195. The quantitative estimate of drug-likeness (QED) is 0.564. The lowest BCUT2D eigenvalue weighted by Gasteiger charge is -2.40. The van der Waals surface area contributed by atoms with Crippen LogP contribution in [0.3, 0.4) is 0 Å². The second-order valence-corrected chi connectivity index (χ2v) is 4.18. The van der Waals surface area contributed by atoms with Crippen molar-refractivity contribution in [2.45, 2.75) is 45.1 Å². The van der Waals surface area contributed by atoms with Crippen LogP contribution in [0.15, 0.2) is 0 Å². The number of carbonyl (C=O) groups is 1. The fraction of sp³-hybridized carbons (Fsp3) is 0.889. The van der Waals surface area contributed by atoms with Crippen molar-refractivity contribution >= 4 is 6.03 Å². The largest absolute Gasteiger partial charge is 0.351 e. The molecule has 4 heteroatoms. The molecule has 1 aliphatic carbocycles. The molecule has 0 aromatic carbocycles. The number of rotatable bonds is 2. The Labute approximate surface area is 79.2 Å². The van der Waals surface area contributed by atoms with E-state index in [2.05, 4.69) is 24.7 Å². The Balaban J connectivity index is 2.46. The lowest BCUT2D eigenvalue weighted by atomic mass is 9.75. The normalized spacial score (nSPS) is 34.2. The Hall–Kier alpha value is -0.770. The maximum atomic E-state index is 10.5. The number of primary amides is 1. The number of hydrogen-bond acceptors (Lipinski definition) is 2. The van der Waals surface area contributed by atoms with E-state index >= 15 is 0 Å². The molecule has 2 unspecified atom stereocenters. The molecule has 4 N–H and O–H groups in total. The van der Waals surface area contributed by atoms with Crippen LogP contribution in [-0.2, 0) is 0 Å². The van der Waals surface area contributed by atoms with E-state index in [9.17, 15) is 4.79 Å². The van der Waals surface area contributed by atoms with Crippen LogP contribution in [0.5, 0.6) is 0 Å². The highest BCUT2D eigenvalue weighted by Gasteiger charge is 2.33. The van der Waals surface area contributed by atoms with E-state index in [1.807, 2.05) is 0 Å². The van der Waals surface area contributed by atoms with Crippen LogP contribution < -0.4 is 16.6 Å². The van der Waals surface area contributed by atoms with Gasteiger partial charge < -0.3 is 5.73 Å². The van der Waals surface area contributed by atoms with Crippen molar-refractivity contribution in [3.8, 4) is 0 Å². The minimum absolute atomic E-state index is 0.00722. The second-order valence-electron chi connectivity index (χ2n) is 4.18. The lowest BCUT2D eigenvalue weighted by molar-refractivity contribution is 0.154. The summed E-state index contributed by atoms with van der Waals surface area (Å²) in [4.78, 5) is 10.5. The number of nitrogens with two attached hydrogens (primary N) is 1. The fourth-order valence-corrected chi connectivity index (χ4v) is 1.90. The monoisotopic (exact) mass is 185 g/mol. The molecule has 0 aromatic heterocycles. The highest BCUT2D eigenvalue weighted by molar-refractivity contribution is 5.71. The van der Waals surface area contributed by atoms with Gasteiger partial charge in [0.25, 0.3) is 0 Å². The fourth-order valence-electron chi connectivity index (χ4n) is 1.90. The first-order chi connectivity index (χ1) is 6.04. The number of hydrazine groups is 1. The molecule has 76 valence electrons. The van der Waals surface area contributed by atoms with Gasteiger partial charge in [-0.15, -0.1) is 0 Å². The summed E-state index contributed by atoms with van der Waals surface area (Å²) in [5.41, 5.74) is 10.5. The van der Waals surface area contributed by atoms with Crippen LogP contribution in [0.25, 0.3) is 0 Å². The highest BCUT2D eigenvalue weighted by Crippen LogP contribution is 2.32. The molecule has 0 saturated heterocycles. The molecule has 13 heavy (non-hydrogen) atoms. The summed E-state index contributed by atoms with van der Waals surface area (Å²) in [7, 11) is 0. The first kappa shape index (κ1) is 10.3. The number of urea groups is 1. The zero-order valence-corrected chi connectivity index (χ0v) is 8.39. The summed E-state index contributed by atoms with van der Waals surface area (Å²) in [5, 5.41) is 0. The molecule has 0 aromatic rings. The summed E-state index contributed by atoms with van der Waals surface area (Å²) >= 11 is 0. The molecular weight excluding hydrogens is 166 g/mol. The molecule has 2 atom stereocenters. The topological polar surface area (TPSA) is 67.2 Å². The first-order valence-corrected chi connectivity index (χ1v) is 4.87. The van der Waals surface area contributed by atoms with Gasteiger partial charge in [0.1, 0.15) is 0 Å². The Morgan fingerprint density at radius 2 is 2.23 bits per heavy atom. The van der Waals surface area contributed by atoms with Gasteiger partial charge in [-0.3, -0.25) is 5.43 Å². The van der Waals surface area contributed by atoms with Crippen LogP contribution in [0.1, 0.15) is 39.5 Å². The molecule has 1 rings (SSSR count). The Morgan fingerprint density at radius 3 is 2.77 bits per heavy atom. The van der Waals surface area contributed by atoms with E-state index in [0.717, 1.165) is 6.42 Å². The van der Waals surface area contributed by atoms with Crippen LogP contribution >= 0.6 is 0 Å².